The van der Waals surface area contributed by atoms with E-state index in [1.165, 1.54) is 0 Å². The van der Waals surface area contributed by atoms with E-state index in [9.17, 15) is 24.5 Å². The van der Waals surface area contributed by atoms with E-state index >= 15 is 0 Å². The first kappa shape index (κ1) is 14.1. The lowest BCUT2D eigenvalue weighted by Gasteiger charge is -2.16. The SMILES string of the molecule is O=C1CC(=O)N(c2c(Br)cc(C(=O)O)cc2[N+](=O)[O-])C1. The molecule has 0 spiro atoms. The van der Waals surface area contributed by atoms with Crippen LogP contribution in [-0.2, 0) is 9.59 Å². The Morgan fingerprint density at radius 2 is 2.05 bits per heavy atom. The number of hydrogen-bond donors (Lipinski definition) is 1. The van der Waals surface area contributed by atoms with Crippen molar-refractivity contribution < 1.29 is 24.4 Å². The Kier molecular flexibility index (Phi) is 3.53. The van der Waals surface area contributed by atoms with E-state index in [1.54, 1.807) is 0 Å². The molecule has 1 aromatic rings. The Labute approximate surface area is 120 Å². The van der Waals surface area contributed by atoms with Crippen LogP contribution in [0.5, 0.6) is 0 Å². The Morgan fingerprint density at radius 3 is 2.50 bits per heavy atom. The molecule has 104 valence electrons. The van der Waals surface area contributed by atoms with Crippen LogP contribution in [0.15, 0.2) is 16.6 Å². The highest BCUT2D eigenvalue weighted by Gasteiger charge is 2.35. The van der Waals surface area contributed by atoms with E-state index in [0.717, 1.165) is 17.0 Å². The number of nitrogens with zero attached hydrogens (tertiary/aromatic N) is 2. The minimum atomic E-state index is -1.33. The number of anilines is 1. The molecule has 9 heteroatoms. The molecular weight excluding hydrogens is 336 g/mol. The van der Waals surface area contributed by atoms with Crippen molar-refractivity contribution in [3.05, 3.63) is 32.3 Å². The fraction of sp³-hybridized carbons (Fsp3) is 0.182. The number of nitro benzene ring substituents is 1. The summed E-state index contributed by atoms with van der Waals surface area (Å²) in [5.41, 5.74) is -0.930. The third-order valence-electron chi connectivity index (χ3n) is 2.74. The standard InChI is InChI=1S/C11H7BrN2O6/c12-7-1-5(11(17)18)2-8(14(19)20)10(7)13-4-6(15)3-9(13)16/h1-2H,3-4H2,(H,17,18). The van der Waals surface area contributed by atoms with Gasteiger partial charge in [0, 0.05) is 10.5 Å². The highest BCUT2D eigenvalue weighted by molar-refractivity contribution is 9.10. The van der Waals surface area contributed by atoms with Gasteiger partial charge < -0.3 is 5.11 Å². The van der Waals surface area contributed by atoms with Crippen LogP contribution in [0.2, 0.25) is 0 Å². The molecule has 1 fully saturated rings. The number of ketones is 1. The van der Waals surface area contributed by atoms with E-state index in [4.69, 9.17) is 5.11 Å². The molecule has 1 aromatic carbocycles. The maximum Gasteiger partial charge on any atom is 0.335 e. The van der Waals surface area contributed by atoms with Crippen LogP contribution in [0.25, 0.3) is 0 Å². The highest BCUT2D eigenvalue weighted by atomic mass is 79.9. The zero-order chi connectivity index (χ0) is 15.0. The summed E-state index contributed by atoms with van der Waals surface area (Å²) in [7, 11) is 0. The van der Waals surface area contributed by atoms with Crippen molar-refractivity contribution in [2.45, 2.75) is 6.42 Å². The maximum absolute atomic E-state index is 11.7. The zero-order valence-electron chi connectivity index (χ0n) is 9.83. The summed E-state index contributed by atoms with van der Waals surface area (Å²) in [6.07, 6.45) is -0.315. The van der Waals surface area contributed by atoms with Crippen molar-refractivity contribution in [1.29, 1.82) is 0 Å². The predicted molar refractivity (Wildman–Crippen MR) is 69.7 cm³/mol. The van der Waals surface area contributed by atoms with Gasteiger partial charge in [-0.05, 0) is 22.0 Å². The van der Waals surface area contributed by atoms with Crippen LogP contribution in [0, 0.1) is 10.1 Å². The lowest BCUT2D eigenvalue weighted by molar-refractivity contribution is -0.384. The van der Waals surface area contributed by atoms with Gasteiger partial charge in [0.05, 0.1) is 23.5 Å². The largest absolute Gasteiger partial charge is 0.478 e. The smallest absolute Gasteiger partial charge is 0.335 e. The molecule has 1 aliphatic rings. The van der Waals surface area contributed by atoms with Crippen molar-refractivity contribution >= 4 is 45.0 Å². The minimum absolute atomic E-state index is 0.0761. The van der Waals surface area contributed by atoms with Gasteiger partial charge >= 0.3 is 5.97 Å². The number of carboxylic acid groups (broad SMARTS) is 1. The van der Waals surface area contributed by atoms with Crippen molar-refractivity contribution in [3.8, 4) is 0 Å². The molecule has 1 aliphatic heterocycles. The monoisotopic (exact) mass is 342 g/mol. The summed E-state index contributed by atoms with van der Waals surface area (Å²) >= 11 is 3.02. The summed E-state index contributed by atoms with van der Waals surface area (Å²) in [6, 6.07) is 2.01. The number of Topliss-reactive ketones (excluding diaryl/α,β-unsaturated/α-hetero) is 1. The third kappa shape index (κ3) is 2.39. The fourth-order valence-corrected chi connectivity index (χ4v) is 2.57. The molecule has 1 saturated heterocycles. The van der Waals surface area contributed by atoms with Crippen LogP contribution in [0.4, 0.5) is 11.4 Å². The van der Waals surface area contributed by atoms with Crippen molar-refractivity contribution in [2.24, 2.45) is 0 Å². The summed E-state index contributed by atoms with van der Waals surface area (Å²) in [6.45, 7) is -0.259. The number of hydrogen-bond acceptors (Lipinski definition) is 5. The van der Waals surface area contributed by atoms with Gasteiger partial charge in [0.2, 0.25) is 5.91 Å². The third-order valence-corrected chi connectivity index (χ3v) is 3.35. The van der Waals surface area contributed by atoms with Crippen molar-refractivity contribution in [1.82, 2.24) is 0 Å². The van der Waals surface area contributed by atoms with Crippen LogP contribution in [0.1, 0.15) is 16.8 Å². The lowest BCUT2D eigenvalue weighted by Crippen LogP contribution is -2.26. The Hall–Kier alpha value is -2.29. The van der Waals surface area contributed by atoms with Gasteiger partial charge in [-0.15, -0.1) is 0 Å². The van der Waals surface area contributed by atoms with Gasteiger partial charge in [0.15, 0.2) is 5.78 Å². The zero-order valence-corrected chi connectivity index (χ0v) is 11.4. The Morgan fingerprint density at radius 1 is 1.40 bits per heavy atom. The second-order valence-electron chi connectivity index (χ2n) is 4.08. The first-order chi connectivity index (χ1) is 9.31. The summed E-state index contributed by atoms with van der Waals surface area (Å²) in [4.78, 5) is 45.1. The number of aromatic carboxylic acids is 1. The van der Waals surface area contributed by atoms with Gasteiger partial charge in [-0.2, -0.15) is 0 Å². The average molecular weight is 343 g/mol. The molecule has 0 radical (unpaired) electrons. The van der Waals surface area contributed by atoms with Gasteiger partial charge in [-0.1, -0.05) is 0 Å². The van der Waals surface area contributed by atoms with Crippen LogP contribution in [-0.4, -0.2) is 34.2 Å². The molecule has 0 atom stereocenters. The molecule has 8 nitrogen and oxygen atoms in total. The molecule has 1 N–H and O–H groups in total. The van der Waals surface area contributed by atoms with Gasteiger partial charge in [-0.25, -0.2) is 4.79 Å². The molecule has 20 heavy (non-hydrogen) atoms. The van der Waals surface area contributed by atoms with E-state index in [-0.39, 0.29) is 34.5 Å². The average Bonchev–Trinajstić information content (AvgIpc) is 2.66. The number of carbonyl (C=O) groups excluding carboxylic acids is 2. The number of nitro groups is 1. The summed E-state index contributed by atoms with van der Waals surface area (Å²) in [5, 5.41) is 20.0. The van der Waals surface area contributed by atoms with E-state index in [2.05, 4.69) is 15.9 Å². The molecule has 0 aliphatic carbocycles. The topological polar surface area (TPSA) is 118 Å². The second-order valence-corrected chi connectivity index (χ2v) is 4.94. The van der Waals surface area contributed by atoms with Gasteiger partial charge in [-0.3, -0.25) is 24.6 Å². The highest BCUT2D eigenvalue weighted by Crippen LogP contribution is 2.38. The minimum Gasteiger partial charge on any atom is -0.478 e. The van der Waals surface area contributed by atoms with Gasteiger partial charge in [0.1, 0.15) is 5.69 Å². The molecule has 0 aromatic heterocycles. The number of rotatable bonds is 3. The van der Waals surface area contributed by atoms with Crippen molar-refractivity contribution in [3.63, 3.8) is 0 Å². The molecule has 1 amide bonds. The number of benzene rings is 1. The summed E-state index contributed by atoms with van der Waals surface area (Å²) < 4.78 is 0.0761. The number of carbonyl (C=O) groups is 3. The molecule has 1 heterocycles. The normalized spacial score (nSPS) is 14.8. The van der Waals surface area contributed by atoms with Crippen molar-refractivity contribution in [2.75, 3.05) is 11.4 Å². The van der Waals surface area contributed by atoms with E-state index in [1.807, 2.05) is 0 Å². The maximum atomic E-state index is 11.7. The van der Waals surface area contributed by atoms with Gasteiger partial charge in [0.25, 0.3) is 5.69 Å². The van der Waals surface area contributed by atoms with Crippen LogP contribution in [0.3, 0.4) is 0 Å². The molecular formula is C11H7BrN2O6. The molecule has 0 saturated carbocycles. The molecule has 0 bridgehead atoms. The first-order valence-electron chi connectivity index (χ1n) is 5.34. The van der Waals surface area contributed by atoms with Crippen LogP contribution >= 0.6 is 15.9 Å². The predicted octanol–water partition coefficient (Wildman–Crippen LogP) is 1.36. The number of amides is 1. The lowest BCUT2D eigenvalue weighted by atomic mass is 10.1. The fourth-order valence-electron chi connectivity index (χ4n) is 1.90. The Balaban J connectivity index is 2.63. The quantitative estimate of drug-likeness (QED) is 0.503. The summed E-state index contributed by atoms with van der Waals surface area (Å²) in [5.74, 6) is -2.23. The number of carboxylic acids is 1. The Bertz CT molecular complexity index is 657. The van der Waals surface area contributed by atoms with E-state index in [0.29, 0.717) is 0 Å². The van der Waals surface area contributed by atoms with Crippen LogP contribution < -0.4 is 4.90 Å². The van der Waals surface area contributed by atoms with E-state index < -0.39 is 22.5 Å². The molecule has 0 unspecified atom stereocenters. The first-order valence-corrected chi connectivity index (χ1v) is 6.14. The second kappa shape index (κ2) is 5.00. The number of halogens is 1. The molecule has 2 rings (SSSR count).